The first-order chi connectivity index (χ1) is 11.2. The number of ether oxygens (including phenoxy) is 1. The molecule has 1 heterocycles. The lowest BCUT2D eigenvalue weighted by Gasteiger charge is -2.39. The van der Waals surface area contributed by atoms with Gasteiger partial charge >= 0.3 is 5.97 Å². The number of aliphatic imine (C=N–C) groups is 1. The zero-order valence-electron chi connectivity index (χ0n) is 15.3. The van der Waals surface area contributed by atoms with E-state index >= 15 is 0 Å². The quantitative estimate of drug-likeness (QED) is 0.317. The van der Waals surface area contributed by atoms with E-state index in [-0.39, 0.29) is 11.7 Å². The second-order valence-electron chi connectivity index (χ2n) is 6.62. The summed E-state index contributed by atoms with van der Waals surface area (Å²) in [6.45, 7) is 7.86. The number of carbonyl (C=O) groups excluding carboxylic acids is 1. The number of esters is 1. The Morgan fingerprint density at radius 1 is 1.29 bits per heavy atom. The molecule has 7 nitrogen and oxygen atoms in total. The number of carbonyl (C=O) groups is 1. The molecule has 0 saturated carbocycles. The monoisotopic (exact) mass is 361 g/mol. The van der Waals surface area contributed by atoms with Crippen LogP contribution in [-0.2, 0) is 19.4 Å². The summed E-state index contributed by atoms with van der Waals surface area (Å²) < 4.78 is 28.1. The standard InChI is InChI=1S/C16H31N3O4S/c1-5-17-15(18-10-8-6-7-9-14(20)23-4)19-11-12-24(21,22)16(2,3)13-19/h5-13H2,1-4H3,(H,17,18). The lowest BCUT2D eigenvalue weighted by Crippen LogP contribution is -2.57. The van der Waals surface area contributed by atoms with Gasteiger partial charge in [0.2, 0.25) is 0 Å². The third-order valence-electron chi connectivity index (χ3n) is 4.21. The highest BCUT2D eigenvalue weighted by Gasteiger charge is 2.40. The van der Waals surface area contributed by atoms with E-state index in [4.69, 9.17) is 0 Å². The Hall–Kier alpha value is -1.31. The molecule has 1 N–H and O–H groups in total. The van der Waals surface area contributed by atoms with E-state index in [9.17, 15) is 13.2 Å². The van der Waals surface area contributed by atoms with Crippen molar-refractivity contribution in [3.05, 3.63) is 0 Å². The van der Waals surface area contributed by atoms with Gasteiger partial charge in [-0.3, -0.25) is 9.79 Å². The minimum atomic E-state index is -3.05. The lowest BCUT2D eigenvalue weighted by atomic mass is 10.2. The maximum atomic E-state index is 12.1. The predicted octanol–water partition coefficient (Wildman–Crippen LogP) is 1.19. The van der Waals surface area contributed by atoms with Crippen molar-refractivity contribution in [2.45, 2.75) is 51.2 Å². The fourth-order valence-electron chi connectivity index (χ4n) is 2.60. The van der Waals surface area contributed by atoms with E-state index in [2.05, 4.69) is 15.0 Å². The number of methoxy groups -OCH3 is 1. The Balaban J connectivity index is 2.53. The Labute approximate surface area is 145 Å². The molecule has 0 radical (unpaired) electrons. The van der Waals surface area contributed by atoms with Crippen LogP contribution < -0.4 is 5.32 Å². The number of nitrogens with one attached hydrogen (secondary N) is 1. The fourth-order valence-corrected chi connectivity index (χ4v) is 3.96. The Bertz CT molecular complexity index is 544. The number of hydrogen-bond acceptors (Lipinski definition) is 5. The zero-order chi connectivity index (χ0) is 18.2. The Morgan fingerprint density at radius 2 is 2.00 bits per heavy atom. The maximum absolute atomic E-state index is 12.1. The van der Waals surface area contributed by atoms with Crippen LogP contribution in [0.4, 0.5) is 0 Å². The fraction of sp³-hybridized carbons (Fsp3) is 0.875. The third kappa shape index (κ3) is 5.96. The number of guanidine groups is 1. The van der Waals surface area contributed by atoms with Crippen LogP contribution in [0, 0.1) is 0 Å². The summed E-state index contributed by atoms with van der Waals surface area (Å²) in [7, 11) is -1.66. The topological polar surface area (TPSA) is 88.1 Å². The summed E-state index contributed by atoms with van der Waals surface area (Å²) in [6, 6.07) is 0. The van der Waals surface area contributed by atoms with Gasteiger partial charge in [0.25, 0.3) is 0 Å². The second kappa shape index (κ2) is 9.25. The summed E-state index contributed by atoms with van der Waals surface area (Å²) in [4.78, 5) is 17.7. The summed E-state index contributed by atoms with van der Waals surface area (Å²) >= 11 is 0. The first kappa shape index (κ1) is 20.7. The van der Waals surface area contributed by atoms with Crippen molar-refractivity contribution in [2.24, 2.45) is 4.99 Å². The van der Waals surface area contributed by atoms with Gasteiger partial charge in [-0.25, -0.2) is 8.42 Å². The SMILES string of the molecule is CCNC(=NCCCCCC(=O)OC)N1CCS(=O)(=O)C(C)(C)C1. The van der Waals surface area contributed by atoms with Crippen LogP contribution in [0.3, 0.4) is 0 Å². The number of nitrogens with zero attached hydrogens (tertiary/aromatic N) is 2. The number of hydrogen-bond donors (Lipinski definition) is 1. The van der Waals surface area contributed by atoms with Crippen LogP contribution in [0.2, 0.25) is 0 Å². The average molecular weight is 362 g/mol. The molecule has 0 aliphatic carbocycles. The molecule has 1 aliphatic heterocycles. The molecule has 0 spiro atoms. The van der Waals surface area contributed by atoms with Crippen molar-refractivity contribution in [2.75, 3.05) is 39.0 Å². The summed E-state index contributed by atoms with van der Waals surface area (Å²) in [6.07, 6.45) is 3.05. The molecule has 0 amide bonds. The minimum absolute atomic E-state index is 0.156. The van der Waals surface area contributed by atoms with E-state index < -0.39 is 14.6 Å². The van der Waals surface area contributed by atoms with Gasteiger partial charge in [0.05, 0.1) is 17.6 Å². The average Bonchev–Trinajstić information content (AvgIpc) is 2.52. The first-order valence-electron chi connectivity index (χ1n) is 8.56. The highest BCUT2D eigenvalue weighted by atomic mass is 32.2. The van der Waals surface area contributed by atoms with E-state index in [1.165, 1.54) is 7.11 Å². The van der Waals surface area contributed by atoms with E-state index in [0.717, 1.165) is 31.8 Å². The Morgan fingerprint density at radius 3 is 2.58 bits per heavy atom. The van der Waals surface area contributed by atoms with E-state index in [1.807, 2.05) is 11.8 Å². The summed E-state index contributed by atoms with van der Waals surface area (Å²) in [5.74, 6) is 0.751. The van der Waals surface area contributed by atoms with Gasteiger partial charge in [0, 0.05) is 32.6 Å². The van der Waals surface area contributed by atoms with Gasteiger partial charge in [0.15, 0.2) is 15.8 Å². The van der Waals surface area contributed by atoms with Gasteiger partial charge in [-0.1, -0.05) is 6.42 Å². The van der Waals surface area contributed by atoms with Crippen LogP contribution in [0.5, 0.6) is 0 Å². The molecular formula is C16H31N3O4S. The Kier molecular flexibility index (Phi) is 7.99. The van der Waals surface area contributed by atoms with Crippen molar-refractivity contribution in [3.8, 4) is 0 Å². The van der Waals surface area contributed by atoms with Crippen molar-refractivity contribution in [1.82, 2.24) is 10.2 Å². The third-order valence-corrected chi connectivity index (χ3v) is 6.74. The highest BCUT2D eigenvalue weighted by molar-refractivity contribution is 7.92. The molecule has 1 saturated heterocycles. The normalized spacial score (nSPS) is 19.8. The molecule has 0 aromatic heterocycles. The van der Waals surface area contributed by atoms with Crippen LogP contribution >= 0.6 is 0 Å². The van der Waals surface area contributed by atoms with Gasteiger partial charge in [0.1, 0.15) is 0 Å². The number of rotatable bonds is 7. The smallest absolute Gasteiger partial charge is 0.305 e. The molecule has 140 valence electrons. The molecule has 0 unspecified atom stereocenters. The van der Waals surface area contributed by atoms with Crippen molar-refractivity contribution < 1.29 is 17.9 Å². The van der Waals surface area contributed by atoms with Crippen LogP contribution in [0.1, 0.15) is 46.5 Å². The van der Waals surface area contributed by atoms with Gasteiger partial charge in [-0.15, -0.1) is 0 Å². The molecule has 8 heteroatoms. The molecule has 1 aliphatic rings. The molecule has 1 rings (SSSR count). The highest BCUT2D eigenvalue weighted by Crippen LogP contribution is 2.23. The largest absolute Gasteiger partial charge is 0.469 e. The predicted molar refractivity (Wildman–Crippen MR) is 95.9 cm³/mol. The van der Waals surface area contributed by atoms with Crippen LogP contribution in [-0.4, -0.2) is 69.0 Å². The molecular weight excluding hydrogens is 330 g/mol. The van der Waals surface area contributed by atoms with Crippen molar-refractivity contribution in [3.63, 3.8) is 0 Å². The molecule has 0 atom stereocenters. The molecule has 1 fully saturated rings. The molecule has 0 aromatic rings. The van der Waals surface area contributed by atoms with Crippen LogP contribution in [0.15, 0.2) is 4.99 Å². The van der Waals surface area contributed by atoms with E-state index in [1.54, 1.807) is 13.8 Å². The van der Waals surface area contributed by atoms with Crippen molar-refractivity contribution in [1.29, 1.82) is 0 Å². The number of sulfone groups is 1. The molecule has 24 heavy (non-hydrogen) atoms. The maximum Gasteiger partial charge on any atom is 0.305 e. The molecule has 0 bridgehead atoms. The van der Waals surface area contributed by atoms with E-state index in [0.29, 0.717) is 26.1 Å². The van der Waals surface area contributed by atoms with Crippen LogP contribution in [0.25, 0.3) is 0 Å². The van der Waals surface area contributed by atoms with Gasteiger partial charge < -0.3 is 15.0 Å². The van der Waals surface area contributed by atoms with Crippen molar-refractivity contribution >= 4 is 21.8 Å². The summed E-state index contributed by atoms with van der Waals surface area (Å²) in [5.41, 5.74) is 0. The van der Waals surface area contributed by atoms with Gasteiger partial charge in [-0.05, 0) is 33.6 Å². The van der Waals surface area contributed by atoms with Gasteiger partial charge in [-0.2, -0.15) is 0 Å². The number of unbranched alkanes of at least 4 members (excludes halogenated alkanes) is 2. The summed E-state index contributed by atoms with van der Waals surface area (Å²) in [5, 5.41) is 3.24. The first-order valence-corrected chi connectivity index (χ1v) is 10.2. The second-order valence-corrected chi connectivity index (χ2v) is 9.37. The lowest BCUT2D eigenvalue weighted by molar-refractivity contribution is -0.140. The minimum Gasteiger partial charge on any atom is -0.469 e. The molecule has 0 aromatic carbocycles. The zero-order valence-corrected chi connectivity index (χ0v) is 16.1.